The molecule has 0 aliphatic heterocycles. The second-order valence-corrected chi connectivity index (χ2v) is 6.88. The molecular weight excluding hydrogens is 378 g/mol. The highest BCUT2D eigenvalue weighted by Crippen LogP contribution is 2.12. The average Bonchev–Trinajstić information content (AvgIpc) is 3.30. The third-order valence-corrected chi connectivity index (χ3v) is 4.66. The van der Waals surface area contributed by atoms with E-state index in [2.05, 4.69) is 10.2 Å². The third-order valence-electron chi connectivity index (χ3n) is 4.66. The molecule has 1 aromatic heterocycles. The summed E-state index contributed by atoms with van der Waals surface area (Å²) in [6.45, 7) is 1.13. The Morgan fingerprint density at radius 2 is 1.57 bits per heavy atom. The zero-order valence-electron chi connectivity index (χ0n) is 17.1. The minimum Gasteiger partial charge on any atom is -0.465 e. The fourth-order valence-electron chi connectivity index (χ4n) is 2.87. The first-order valence-electron chi connectivity index (χ1n) is 9.68. The van der Waals surface area contributed by atoms with E-state index < -0.39 is 0 Å². The first-order chi connectivity index (χ1) is 14.5. The Morgan fingerprint density at radius 1 is 0.900 bits per heavy atom. The summed E-state index contributed by atoms with van der Waals surface area (Å²) in [5.41, 5.74) is 1.70. The zero-order valence-corrected chi connectivity index (χ0v) is 17.1. The summed E-state index contributed by atoms with van der Waals surface area (Å²) >= 11 is 0. The Balaban J connectivity index is 1.70. The Bertz CT molecular complexity index is 983. The van der Waals surface area contributed by atoms with Crippen molar-refractivity contribution in [2.24, 2.45) is 0 Å². The van der Waals surface area contributed by atoms with Gasteiger partial charge in [-0.1, -0.05) is 36.4 Å². The van der Waals surface area contributed by atoms with Gasteiger partial charge in [0.25, 0.3) is 11.8 Å². The lowest BCUT2D eigenvalue weighted by atomic mass is 10.2. The number of amides is 2. The molecule has 1 heterocycles. The Kier molecular flexibility index (Phi) is 7.05. The molecule has 154 valence electrons. The van der Waals surface area contributed by atoms with Gasteiger partial charge in [0.2, 0.25) is 0 Å². The van der Waals surface area contributed by atoms with Crippen molar-refractivity contribution in [1.82, 2.24) is 10.2 Å². The molecule has 6 heteroatoms. The SMILES string of the molecule is CN(CCN(C)c1ccccc1)C(=O)/C(=C/c1ccco1)NC(=O)c1ccccc1. The van der Waals surface area contributed by atoms with Crippen LogP contribution in [0.15, 0.2) is 89.2 Å². The van der Waals surface area contributed by atoms with Crippen LogP contribution in [0.4, 0.5) is 5.69 Å². The lowest BCUT2D eigenvalue weighted by Gasteiger charge is -2.24. The minimum atomic E-state index is -0.350. The predicted octanol–water partition coefficient (Wildman–Crippen LogP) is 3.65. The van der Waals surface area contributed by atoms with Crippen molar-refractivity contribution in [2.45, 2.75) is 0 Å². The largest absolute Gasteiger partial charge is 0.465 e. The molecule has 2 aromatic carbocycles. The number of carbonyl (C=O) groups excluding carboxylic acids is 2. The van der Waals surface area contributed by atoms with Crippen molar-refractivity contribution in [3.63, 3.8) is 0 Å². The number of anilines is 1. The summed E-state index contributed by atoms with van der Waals surface area (Å²) in [6.07, 6.45) is 3.06. The van der Waals surface area contributed by atoms with Crippen LogP contribution in [0.5, 0.6) is 0 Å². The van der Waals surface area contributed by atoms with E-state index >= 15 is 0 Å². The molecule has 0 fully saturated rings. The van der Waals surface area contributed by atoms with Crippen molar-refractivity contribution < 1.29 is 14.0 Å². The van der Waals surface area contributed by atoms with E-state index in [0.29, 0.717) is 24.4 Å². The number of likely N-dealkylation sites (N-methyl/N-ethyl adjacent to an activating group) is 2. The van der Waals surface area contributed by atoms with Crippen molar-refractivity contribution >= 4 is 23.6 Å². The second kappa shape index (κ2) is 10.1. The van der Waals surface area contributed by atoms with E-state index in [1.807, 2.05) is 43.4 Å². The highest BCUT2D eigenvalue weighted by Gasteiger charge is 2.19. The van der Waals surface area contributed by atoms with Gasteiger partial charge in [0.1, 0.15) is 11.5 Å². The Labute approximate surface area is 176 Å². The van der Waals surface area contributed by atoms with Gasteiger partial charge in [-0.3, -0.25) is 9.59 Å². The van der Waals surface area contributed by atoms with Crippen molar-refractivity contribution in [1.29, 1.82) is 0 Å². The fourth-order valence-corrected chi connectivity index (χ4v) is 2.87. The highest BCUT2D eigenvalue weighted by molar-refractivity contribution is 6.05. The number of nitrogens with zero attached hydrogens (tertiary/aromatic N) is 2. The van der Waals surface area contributed by atoms with Crippen LogP contribution in [-0.2, 0) is 4.79 Å². The van der Waals surface area contributed by atoms with E-state index in [1.54, 1.807) is 54.4 Å². The monoisotopic (exact) mass is 403 g/mol. The molecule has 2 amide bonds. The van der Waals surface area contributed by atoms with E-state index in [1.165, 1.54) is 6.26 Å². The summed E-state index contributed by atoms with van der Waals surface area (Å²) in [7, 11) is 3.69. The van der Waals surface area contributed by atoms with Gasteiger partial charge in [0.05, 0.1) is 6.26 Å². The lowest BCUT2D eigenvalue weighted by molar-refractivity contribution is -0.126. The number of carbonyl (C=O) groups is 2. The first-order valence-corrected chi connectivity index (χ1v) is 9.68. The summed E-state index contributed by atoms with van der Waals surface area (Å²) < 4.78 is 5.33. The zero-order chi connectivity index (χ0) is 21.3. The molecular formula is C24H25N3O3. The van der Waals surface area contributed by atoms with Crippen LogP contribution >= 0.6 is 0 Å². The maximum Gasteiger partial charge on any atom is 0.270 e. The molecule has 1 N–H and O–H groups in total. The molecule has 0 saturated heterocycles. The van der Waals surface area contributed by atoms with Gasteiger partial charge < -0.3 is 19.5 Å². The second-order valence-electron chi connectivity index (χ2n) is 6.88. The summed E-state index contributed by atoms with van der Waals surface area (Å²) in [4.78, 5) is 29.3. The van der Waals surface area contributed by atoms with Crippen LogP contribution in [0.3, 0.4) is 0 Å². The maximum atomic E-state index is 13.1. The van der Waals surface area contributed by atoms with Crippen molar-refractivity contribution in [2.75, 3.05) is 32.1 Å². The number of para-hydroxylation sites is 1. The molecule has 3 aromatic rings. The molecule has 0 atom stereocenters. The number of furan rings is 1. The van der Waals surface area contributed by atoms with Gasteiger partial charge in [-0.05, 0) is 36.4 Å². The van der Waals surface area contributed by atoms with Gasteiger partial charge in [-0.15, -0.1) is 0 Å². The summed E-state index contributed by atoms with van der Waals surface area (Å²) in [5.74, 6) is -0.157. The van der Waals surface area contributed by atoms with Crippen molar-refractivity contribution in [3.8, 4) is 0 Å². The topological polar surface area (TPSA) is 65.8 Å². The molecule has 0 aliphatic rings. The number of rotatable bonds is 8. The molecule has 6 nitrogen and oxygen atoms in total. The van der Waals surface area contributed by atoms with Gasteiger partial charge in [-0.2, -0.15) is 0 Å². The average molecular weight is 403 g/mol. The summed E-state index contributed by atoms with van der Waals surface area (Å²) in [6, 6.07) is 22.2. The van der Waals surface area contributed by atoms with Gasteiger partial charge in [0, 0.05) is 44.5 Å². The van der Waals surface area contributed by atoms with Crippen molar-refractivity contribution in [3.05, 3.63) is 96.1 Å². The summed E-state index contributed by atoms with van der Waals surface area (Å²) in [5, 5.41) is 2.73. The highest BCUT2D eigenvalue weighted by atomic mass is 16.3. The van der Waals surface area contributed by atoms with E-state index in [-0.39, 0.29) is 17.5 Å². The minimum absolute atomic E-state index is 0.156. The molecule has 0 aliphatic carbocycles. The molecule has 3 rings (SSSR count). The molecule has 0 saturated carbocycles. The molecule has 30 heavy (non-hydrogen) atoms. The van der Waals surface area contributed by atoms with Crippen LogP contribution in [0.1, 0.15) is 16.1 Å². The predicted molar refractivity (Wildman–Crippen MR) is 118 cm³/mol. The lowest BCUT2D eigenvalue weighted by Crippen LogP contribution is -2.39. The van der Waals surface area contributed by atoms with E-state index in [0.717, 1.165) is 5.69 Å². The third kappa shape index (κ3) is 5.61. The molecule has 0 spiro atoms. The number of nitrogens with one attached hydrogen (secondary N) is 1. The smallest absolute Gasteiger partial charge is 0.270 e. The Hall–Kier alpha value is -3.80. The van der Waals surface area contributed by atoms with Crippen LogP contribution in [0.2, 0.25) is 0 Å². The van der Waals surface area contributed by atoms with E-state index in [4.69, 9.17) is 4.42 Å². The van der Waals surface area contributed by atoms with Crippen LogP contribution < -0.4 is 10.2 Å². The maximum absolute atomic E-state index is 13.1. The molecule has 0 bridgehead atoms. The quantitative estimate of drug-likeness (QED) is 0.583. The van der Waals surface area contributed by atoms with E-state index in [9.17, 15) is 9.59 Å². The van der Waals surface area contributed by atoms with Crippen LogP contribution in [0, 0.1) is 0 Å². The molecule has 0 unspecified atom stereocenters. The standard InChI is InChI=1S/C24H25N3O3/c1-26(20-12-7-4-8-13-20)15-16-27(2)24(29)22(18-21-14-9-17-30-21)25-23(28)19-10-5-3-6-11-19/h3-14,17-18H,15-16H2,1-2H3,(H,25,28)/b22-18-. The normalized spacial score (nSPS) is 11.1. The Morgan fingerprint density at radius 3 is 2.20 bits per heavy atom. The van der Waals surface area contributed by atoms with Gasteiger partial charge >= 0.3 is 0 Å². The van der Waals surface area contributed by atoms with Crippen LogP contribution in [0.25, 0.3) is 6.08 Å². The fraction of sp³-hybridized carbons (Fsp3) is 0.167. The number of hydrogen-bond acceptors (Lipinski definition) is 4. The molecule has 0 radical (unpaired) electrons. The number of hydrogen-bond donors (Lipinski definition) is 1. The van der Waals surface area contributed by atoms with Gasteiger partial charge in [-0.25, -0.2) is 0 Å². The van der Waals surface area contributed by atoms with Gasteiger partial charge in [0.15, 0.2) is 0 Å². The van der Waals surface area contributed by atoms with Crippen LogP contribution in [-0.4, -0.2) is 43.9 Å². The number of benzene rings is 2. The first kappa shape index (κ1) is 20.9.